The van der Waals surface area contributed by atoms with Gasteiger partial charge in [-0.05, 0) is 42.0 Å². The number of halogens is 7. The van der Waals surface area contributed by atoms with Gasteiger partial charge in [-0.25, -0.2) is 13.1 Å². The normalized spacial score (nSPS) is 13.0. The lowest BCUT2D eigenvalue weighted by Crippen LogP contribution is -2.40. The van der Waals surface area contributed by atoms with E-state index >= 15 is 0 Å². The molecule has 0 fully saturated rings. The van der Waals surface area contributed by atoms with E-state index in [2.05, 4.69) is 0 Å². The zero-order valence-electron chi connectivity index (χ0n) is 16.1. The van der Waals surface area contributed by atoms with E-state index in [1.165, 1.54) is 0 Å². The third-order valence-electron chi connectivity index (χ3n) is 3.76. The van der Waals surface area contributed by atoms with Crippen LogP contribution < -0.4 is 9.46 Å². The highest BCUT2D eigenvalue weighted by atomic mass is 35.5. The lowest BCUT2D eigenvalue weighted by Gasteiger charge is -2.16. The highest BCUT2D eigenvalue weighted by Gasteiger charge is 2.47. The summed E-state index contributed by atoms with van der Waals surface area (Å²) in [5, 5.41) is -0.199. The van der Waals surface area contributed by atoms with Crippen LogP contribution in [0, 0.1) is 0 Å². The van der Waals surface area contributed by atoms with Crippen LogP contribution in [0.15, 0.2) is 41.3 Å². The maximum atomic E-state index is 13.4. The Bertz CT molecular complexity index is 1290. The van der Waals surface area contributed by atoms with Crippen molar-refractivity contribution in [2.45, 2.75) is 23.0 Å². The summed E-state index contributed by atoms with van der Waals surface area (Å²) in [5.41, 5.74) is -7.37. The number of alkyl halides is 6. The van der Waals surface area contributed by atoms with Crippen molar-refractivity contribution in [1.82, 2.24) is 4.72 Å². The molecule has 16 heteroatoms. The highest BCUT2D eigenvalue weighted by Crippen LogP contribution is 2.40. The molecule has 33 heavy (non-hydrogen) atoms. The van der Waals surface area contributed by atoms with Crippen LogP contribution in [0.25, 0.3) is 0 Å². The van der Waals surface area contributed by atoms with Gasteiger partial charge >= 0.3 is 21.7 Å². The predicted molar refractivity (Wildman–Crippen MR) is 103 cm³/mol. The van der Waals surface area contributed by atoms with Gasteiger partial charge in [-0.3, -0.25) is 4.79 Å². The van der Waals surface area contributed by atoms with Gasteiger partial charge in [-0.15, -0.1) is 0 Å². The molecule has 1 amide bonds. The number of rotatable bonds is 6. The fourth-order valence-corrected chi connectivity index (χ4v) is 3.77. The fourth-order valence-electron chi connectivity index (χ4n) is 2.39. The Morgan fingerprint density at radius 3 is 2.12 bits per heavy atom. The second-order valence-electron chi connectivity index (χ2n) is 6.48. The van der Waals surface area contributed by atoms with Crippen LogP contribution in [-0.2, 0) is 37.3 Å². The second kappa shape index (κ2) is 9.02. The number of benzene rings is 2. The average molecular weight is 540 g/mol. The van der Waals surface area contributed by atoms with Crippen LogP contribution >= 0.6 is 11.6 Å². The smallest absolute Gasteiger partial charge is 0.457 e. The Kier molecular flexibility index (Phi) is 7.31. The minimum absolute atomic E-state index is 0.186. The third-order valence-corrected chi connectivity index (χ3v) is 6.20. The van der Waals surface area contributed by atoms with Gasteiger partial charge in [0.2, 0.25) is 5.91 Å². The molecule has 7 nitrogen and oxygen atoms in total. The molecule has 2 aromatic rings. The molecule has 1 N–H and O–H groups in total. The van der Waals surface area contributed by atoms with Crippen molar-refractivity contribution in [3.05, 3.63) is 52.5 Å². The molecule has 0 aliphatic carbocycles. The van der Waals surface area contributed by atoms with Crippen molar-refractivity contribution in [3.8, 4) is 11.5 Å². The van der Waals surface area contributed by atoms with Crippen molar-refractivity contribution >= 4 is 37.4 Å². The molecule has 0 unspecified atom stereocenters. The van der Waals surface area contributed by atoms with Crippen molar-refractivity contribution in [2.75, 3.05) is 6.26 Å². The number of sulfone groups is 1. The fraction of sp³-hybridized carbons (Fsp3) is 0.235. The minimum atomic E-state index is -5.96. The van der Waals surface area contributed by atoms with E-state index in [9.17, 15) is 48.0 Å². The molecule has 2 rings (SSSR count). The summed E-state index contributed by atoms with van der Waals surface area (Å²) in [4.78, 5) is 11.1. The lowest BCUT2D eigenvalue weighted by atomic mass is 10.1. The molecule has 2 aromatic carbocycles. The zero-order valence-corrected chi connectivity index (χ0v) is 18.5. The van der Waals surface area contributed by atoms with Gasteiger partial charge in [-0.2, -0.15) is 34.8 Å². The van der Waals surface area contributed by atoms with Crippen molar-refractivity contribution in [1.29, 1.82) is 0 Å². The maximum Gasteiger partial charge on any atom is 0.516 e. The first kappa shape index (κ1) is 26.7. The topological polar surface area (TPSA) is 107 Å². The first-order valence-corrected chi connectivity index (χ1v) is 12.1. The number of hydrogen-bond acceptors (Lipinski definition) is 6. The molecule has 0 saturated heterocycles. The summed E-state index contributed by atoms with van der Waals surface area (Å²) >= 11 is 5.81. The number of carbonyl (C=O) groups excluding carboxylic acids is 1. The number of ether oxygens (including phenoxy) is 1. The molecule has 0 atom stereocenters. The van der Waals surface area contributed by atoms with E-state index in [0.717, 1.165) is 35.1 Å². The molecule has 0 aliphatic heterocycles. The van der Waals surface area contributed by atoms with E-state index in [0.29, 0.717) is 12.3 Å². The van der Waals surface area contributed by atoms with Gasteiger partial charge in [0.25, 0.3) is 0 Å². The summed E-state index contributed by atoms with van der Waals surface area (Å²) in [6.45, 7) is 0. The van der Waals surface area contributed by atoms with Crippen LogP contribution in [0.4, 0.5) is 26.3 Å². The number of carbonyl (C=O) groups is 1. The molecule has 0 radical (unpaired) electrons. The number of amides is 1. The van der Waals surface area contributed by atoms with Gasteiger partial charge in [0.15, 0.2) is 9.84 Å². The van der Waals surface area contributed by atoms with Crippen molar-refractivity contribution in [3.63, 3.8) is 0 Å². The molecule has 0 bridgehead atoms. The summed E-state index contributed by atoms with van der Waals surface area (Å²) in [7, 11) is -9.94. The predicted octanol–water partition coefficient (Wildman–Crippen LogP) is 4.06. The largest absolute Gasteiger partial charge is 0.516 e. The van der Waals surface area contributed by atoms with Gasteiger partial charge < -0.3 is 4.74 Å². The van der Waals surface area contributed by atoms with Crippen LogP contribution in [0.2, 0.25) is 5.02 Å². The Balaban J connectivity index is 2.37. The first-order valence-electron chi connectivity index (χ1n) is 8.30. The van der Waals surface area contributed by atoms with Gasteiger partial charge in [0, 0.05) is 11.3 Å². The minimum Gasteiger partial charge on any atom is -0.457 e. The van der Waals surface area contributed by atoms with E-state index in [-0.39, 0.29) is 16.3 Å². The van der Waals surface area contributed by atoms with Crippen molar-refractivity contribution < 1.29 is 52.7 Å². The van der Waals surface area contributed by atoms with Gasteiger partial charge in [0.1, 0.15) is 11.5 Å². The Morgan fingerprint density at radius 2 is 1.61 bits per heavy atom. The molecule has 0 spiro atoms. The molecule has 182 valence electrons. The SMILES string of the molecule is CS(=O)(=O)c1ccc(Oc2cc(Cl)cc(CC(=O)NS(=O)(=O)C(F)(F)F)c2)c(C(F)(F)F)c1. The summed E-state index contributed by atoms with van der Waals surface area (Å²) in [6, 6.07) is 4.96. The zero-order chi connectivity index (χ0) is 25.4. The third kappa shape index (κ3) is 6.98. The molecule has 0 aliphatic rings. The Hall–Kier alpha value is -2.52. The lowest BCUT2D eigenvalue weighted by molar-refractivity contribution is -0.138. The van der Waals surface area contributed by atoms with Crippen LogP contribution in [0.5, 0.6) is 11.5 Å². The monoisotopic (exact) mass is 539 g/mol. The van der Waals surface area contributed by atoms with Gasteiger partial charge in [0.05, 0.1) is 16.9 Å². The number of sulfonamides is 1. The first-order chi connectivity index (χ1) is 14.8. The Morgan fingerprint density at radius 1 is 1.00 bits per heavy atom. The average Bonchev–Trinajstić information content (AvgIpc) is 2.57. The Labute approximate surface area is 188 Å². The van der Waals surface area contributed by atoms with E-state index in [1.54, 1.807) is 0 Å². The van der Waals surface area contributed by atoms with Crippen molar-refractivity contribution in [2.24, 2.45) is 0 Å². The molecule has 0 heterocycles. The summed E-state index contributed by atoms with van der Waals surface area (Å²) in [5.74, 6) is -2.80. The maximum absolute atomic E-state index is 13.4. The molecule has 0 saturated carbocycles. The van der Waals surface area contributed by atoms with Crippen LogP contribution in [0.3, 0.4) is 0 Å². The highest BCUT2D eigenvalue weighted by molar-refractivity contribution is 7.91. The number of hydrogen-bond donors (Lipinski definition) is 1. The molecule has 0 aromatic heterocycles. The van der Waals surface area contributed by atoms with Crippen LogP contribution in [0.1, 0.15) is 11.1 Å². The second-order valence-corrected chi connectivity index (χ2v) is 10.6. The van der Waals surface area contributed by atoms with E-state index < -0.39 is 60.1 Å². The standard InChI is InChI=1S/C17H12ClF6NO6S2/c1-32(27,28)12-2-3-14(13(8-12)16(19,20)21)31-11-5-9(4-10(18)7-11)6-15(26)25-33(29,30)17(22,23)24/h2-5,7-8H,6H2,1H3,(H,25,26). The summed E-state index contributed by atoms with van der Waals surface area (Å²) < 4.78 is 128. The van der Waals surface area contributed by atoms with E-state index in [1.807, 2.05) is 0 Å². The molecular weight excluding hydrogens is 528 g/mol. The summed E-state index contributed by atoms with van der Waals surface area (Å²) in [6.07, 6.45) is -5.26. The number of nitrogens with one attached hydrogen (secondary N) is 1. The quantitative estimate of drug-likeness (QED) is 0.555. The van der Waals surface area contributed by atoms with Gasteiger partial charge in [-0.1, -0.05) is 11.6 Å². The van der Waals surface area contributed by atoms with E-state index in [4.69, 9.17) is 16.3 Å². The van der Waals surface area contributed by atoms with Crippen LogP contribution in [-0.4, -0.2) is 34.5 Å². The molecular formula is C17H12ClF6NO6S2.